The molecule has 0 aliphatic carbocycles. The molecular formula is C25H32N6O13. The number of aliphatic hydroxyl groups excluding tert-OH is 3. The average molecular weight is 625 g/mol. The second-order valence-corrected chi connectivity index (χ2v) is 10.1. The van der Waals surface area contributed by atoms with Crippen molar-refractivity contribution < 1.29 is 54.6 Å². The van der Waals surface area contributed by atoms with Crippen LogP contribution in [0.25, 0.3) is 0 Å². The number of pyridine rings is 1. The maximum absolute atomic E-state index is 13.4. The Kier molecular flexibility index (Phi) is 10.9. The van der Waals surface area contributed by atoms with Gasteiger partial charge in [0.05, 0.1) is 23.5 Å². The minimum atomic E-state index is -1.99. The van der Waals surface area contributed by atoms with Crippen LogP contribution >= 0.6 is 0 Å². The molecule has 0 aromatic carbocycles. The molecular weight excluding hydrogens is 592 g/mol. The van der Waals surface area contributed by atoms with Crippen LogP contribution in [0.15, 0.2) is 34.1 Å². The van der Waals surface area contributed by atoms with Crippen LogP contribution in [-0.2, 0) is 23.9 Å². The fraction of sp³-hybridized carbons (Fsp3) is 0.480. The van der Waals surface area contributed by atoms with E-state index in [1.54, 1.807) is 0 Å². The third-order valence-corrected chi connectivity index (χ3v) is 7.07. The van der Waals surface area contributed by atoms with Crippen molar-refractivity contribution in [2.45, 2.75) is 68.4 Å². The lowest BCUT2D eigenvalue weighted by atomic mass is 9.92. The summed E-state index contributed by atoms with van der Waals surface area (Å²) in [6.45, 7) is 1.37. The van der Waals surface area contributed by atoms with E-state index in [1.165, 1.54) is 19.1 Å². The number of carbonyl (C=O) groups excluding carboxylic acids is 2. The number of rotatable bonds is 13. The smallest absolute Gasteiger partial charge is 0.326 e. The van der Waals surface area contributed by atoms with E-state index in [9.17, 15) is 54.3 Å². The van der Waals surface area contributed by atoms with Gasteiger partial charge in [0.15, 0.2) is 0 Å². The van der Waals surface area contributed by atoms with E-state index in [2.05, 4.69) is 20.6 Å². The maximum atomic E-state index is 13.4. The minimum absolute atomic E-state index is 0.0437. The number of H-pyrrole nitrogens is 2. The lowest BCUT2D eigenvalue weighted by molar-refractivity contribution is -0.145. The highest BCUT2D eigenvalue weighted by Gasteiger charge is 2.51. The fourth-order valence-corrected chi connectivity index (χ4v) is 4.48. The van der Waals surface area contributed by atoms with Crippen LogP contribution in [0.1, 0.15) is 43.2 Å². The number of carboxylic acid groups (broad SMARTS) is 2. The summed E-state index contributed by atoms with van der Waals surface area (Å²) in [4.78, 5) is 80.9. The monoisotopic (exact) mass is 624 g/mol. The predicted molar refractivity (Wildman–Crippen MR) is 144 cm³/mol. The summed E-state index contributed by atoms with van der Waals surface area (Å²) in [5, 5.41) is 64.3. The quantitative estimate of drug-likeness (QED) is 0.101. The van der Waals surface area contributed by atoms with Gasteiger partial charge in [-0.3, -0.25) is 29.1 Å². The van der Waals surface area contributed by atoms with Crippen LogP contribution in [0.3, 0.4) is 0 Å². The molecule has 2 aromatic heterocycles. The van der Waals surface area contributed by atoms with E-state index in [-0.39, 0.29) is 17.0 Å². The molecule has 0 spiro atoms. The number of aliphatic hydroxyl groups is 3. The van der Waals surface area contributed by atoms with E-state index in [0.29, 0.717) is 0 Å². The SMILES string of the molecule is C[C@@H]([C@H](N)C(=O)NC(C(=O)N[C@H](CCC(=O)O)C(=O)O)C1O[C@H](c2c[nH]c(=O)[nH]c2=O)[C@@H](O)[C@H]1O)[C@H](O)c1ccc(O)cn1. The minimum Gasteiger partial charge on any atom is -0.506 e. The summed E-state index contributed by atoms with van der Waals surface area (Å²) >= 11 is 0. The third kappa shape index (κ3) is 7.82. The number of nitrogens with zero attached hydrogens (tertiary/aromatic N) is 1. The van der Waals surface area contributed by atoms with Gasteiger partial charge in [-0.05, 0) is 18.6 Å². The first-order valence-electron chi connectivity index (χ1n) is 13.1. The molecule has 0 bridgehead atoms. The third-order valence-electron chi connectivity index (χ3n) is 7.07. The number of aromatic hydroxyl groups is 1. The second kappa shape index (κ2) is 14.2. The predicted octanol–water partition coefficient (Wildman–Crippen LogP) is -4.06. The number of hydrogen-bond donors (Lipinski definition) is 11. The van der Waals surface area contributed by atoms with Gasteiger partial charge in [0.2, 0.25) is 11.8 Å². The van der Waals surface area contributed by atoms with Gasteiger partial charge in [-0.2, -0.15) is 0 Å². The lowest BCUT2D eigenvalue weighted by Crippen LogP contribution is -2.61. The van der Waals surface area contributed by atoms with Gasteiger partial charge in [0.25, 0.3) is 5.56 Å². The van der Waals surface area contributed by atoms with Gasteiger partial charge in [-0.25, -0.2) is 9.59 Å². The lowest BCUT2D eigenvalue weighted by Gasteiger charge is -2.30. The Labute approximate surface area is 246 Å². The topological polar surface area (TPSA) is 328 Å². The summed E-state index contributed by atoms with van der Waals surface area (Å²) in [5.41, 5.74) is 3.85. The highest BCUT2D eigenvalue weighted by Crippen LogP contribution is 2.33. The van der Waals surface area contributed by atoms with Crippen molar-refractivity contribution in [1.29, 1.82) is 0 Å². The first-order chi connectivity index (χ1) is 20.6. The van der Waals surface area contributed by atoms with E-state index >= 15 is 0 Å². The number of hydrogen-bond acceptors (Lipinski definition) is 13. The Morgan fingerprint density at radius 3 is 2.34 bits per heavy atom. The summed E-state index contributed by atoms with van der Waals surface area (Å²) in [6, 6.07) is -2.81. The molecule has 3 heterocycles. The molecule has 9 atom stereocenters. The zero-order valence-corrected chi connectivity index (χ0v) is 23.0. The standard InChI is InChI=1S/C25H32N6O13/c1-8(16(35)11-3-2-9(32)6-27-11)14(26)22(39)30-15(23(40)29-12(24(41)42)4-5-13(33)34)20-18(37)17(36)19(44-20)10-7-28-25(43)31-21(10)38/h2-3,6-8,12,14-20,32,35-37H,4-5,26H2,1H3,(H,29,40)(H,30,39)(H,33,34)(H,41,42)(H2,28,31,38,43)/t8-,12+,14-,15?,16-,17-,18+,19+,20?/m0/s1. The molecule has 12 N–H and O–H groups in total. The number of carboxylic acids is 2. The first-order valence-corrected chi connectivity index (χ1v) is 13.1. The van der Waals surface area contributed by atoms with Crippen LogP contribution in [-0.4, -0.2) is 106 Å². The molecule has 0 radical (unpaired) electrons. The van der Waals surface area contributed by atoms with Crippen molar-refractivity contribution in [1.82, 2.24) is 25.6 Å². The van der Waals surface area contributed by atoms with Crippen molar-refractivity contribution >= 4 is 23.8 Å². The number of aliphatic carboxylic acids is 2. The summed E-state index contributed by atoms with van der Waals surface area (Å²) in [6.07, 6.45) is -8.06. The molecule has 0 saturated carbocycles. The van der Waals surface area contributed by atoms with E-state index in [4.69, 9.17) is 15.6 Å². The van der Waals surface area contributed by atoms with E-state index < -0.39 is 102 Å². The molecule has 1 saturated heterocycles. The van der Waals surface area contributed by atoms with Gasteiger partial charge in [-0.15, -0.1) is 0 Å². The summed E-state index contributed by atoms with van der Waals surface area (Å²) in [7, 11) is 0. The first kappa shape index (κ1) is 33.8. The highest BCUT2D eigenvalue weighted by molar-refractivity contribution is 5.92. The van der Waals surface area contributed by atoms with Gasteiger partial charge in [0.1, 0.15) is 48.4 Å². The molecule has 240 valence electrons. The fourth-order valence-electron chi connectivity index (χ4n) is 4.48. The highest BCUT2D eigenvalue weighted by atomic mass is 16.5. The van der Waals surface area contributed by atoms with Gasteiger partial charge in [0, 0.05) is 18.5 Å². The molecule has 44 heavy (non-hydrogen) atoms. The number of nitrogens with two attached hydrogens (primary N) is 1. The summed E-state index contributed by atoms with van der Waals surface area (Å²) < 4.78 is 5.60. The maximum Gasteiger partial charge on any atom is 0.326 e. The van der Waals surface area contributed by atoms with Crippen molar-refractivity contribution in [3.8, 4) is 5.75 Å². The zero-order chi connectivity index (χ0) is 32.9. The molecule has 2 unspecified atom stereocenters. The molecule has 1 aliphatic heterocycles. The van der Waals surface area contributed by atoms with Gasteiger partial charge >= 0.3 is 17.6 Å². The normalized spacial score (nSPS) is 23.1. The summed E-state index contributed by atoms with van der Waals surface area (Å²) in [5.74, 6) is -6.64. The molecule has 2 aromatic rings. The molecule has 19 nitrogen and oxygen atoms in total. The van der Waals surface area contributed by atoms with E-state index in [1.807, 2.05) is 4.98 Å². The molecule has 3 rings (SSSR count). The van der Waals surface area contributed by atoms with Crippen LogP contribution in [0, 0.1) is 5.92 Å². The van der Waals surface area contributed by atoms with E-state index in [0.717, 1.165) is 12.4 Å². The molecule has 1 aliphatic rings. The van der Waals surface area contributed by atoms with Crippen LogP contribution < -0.4 is 27.6 Å². The Morgan fingerprint density at radius 2 is 1.77 bits per heavy atom. The zero-order valence-electron chi connectivity index (χ0n) is 23.0. The second-order valence-electron chi connectivity index (χ2n) is 10.1. The number of ether oxygens (including phenoxy) is 1. The van der Waals surface area contributed by atoms with Crippen molar-refractivity contribution in [2.24, 2.45) is 11.7 Å². The Balaban J connectivity index is 1.91. The number of carbonyl (C=O) groups is 4. The molecule has 1 fully saturated rings. The van der Waals surface area contributed by atoms with Crippen LogP contribution in [0.4, 0.5) is 0 Å². The number of aromatic nitrogens is 3. The number of aromatic amines is 2. The largest absolute Gasteiger partial charge is 0.506 e. The van der Waals surface area contributed by atoms with Crippen LogP contribution in [0.2, 0.25) is 0 Å². The Morgan fingerprint density at radius 1 is 1.09 bits per heavy atom. The van der Waals surface area contributed by atoms with Crippen molar-refractivity contribution in [2.75, 3.05) is 0 Å². The Hall–Kier alpha value is -4.69. The van der Waals surface area contributed by atoms with Crippen molar-refractivity contribution in [3.05, 3.63) is 56.6 Å². The molecule has 19 heteroatoms. The number of amides is 2. The van der Waals surface area contributed by atoms with Crippen LogP contribution in [0.5, 0.6) is 5.75 Å². The Bertz CT molecular complexity index is 1480. The van der Waals surface area contributed by atoms with Gasteiger partial charge < -0.3 is 56.7 Å². The number of nitrogens with one attached hydrogen (secondary N) is 4. The average Bonchev–Trinajstić information content (AvgIpc) is 3.25. The molecule has 2 amide bonds. The van der Waals surface area contributed by atoms with Gasteiger partial charge in [-0.1, -0.05) is 6.92 Å². The van der Waals surface area contributed by atoms with Crippen molar-refractivity contribution in [3.63, 3.8) is 0 Å².